The molecule has 0 saturated heterocycles. The Kier molecular flexibility index (Phi) is 13.8. The van der Waals surface area contributed by atoms with E-state index in [0.717, 1.165) is 62.5 Å². The molecule has 0 aliphatic heterocycles. The largest absolute Gasteiger partial charge is 0.396 e. The van der Waals surface area contributed by atoms with E-state index in [4.69, 9.17) is 5.11 Å². The summed E-state index contributed by atoms with van der Waals surface area (Å²) in [6, 6.07) is 13.4. The average Bonchev–Trinajstić information content (AvgIpc) is 2.87. The van der Waals surface area contributed by atoms with Crippen LogP contribution in [0.5, 0.6) is 0 Å². The smallest absolute Gasteiger partial charge is 0.240 e. The van der Waals surface area contributed by atoms with E-state index < -0.39 is 20.0 Å². The first-order valence-corrected chi connectivity index (χ1v) is 16.3. The van der Waals surface area contributed by atoms with E-state index in [-0.39, 0.29) is 35.4 Å². The number of nitrogens with one attached hydrogen (secondary N) is 2. The van der Waals surface area contributed by atoms with Crippen molar-refractivity contribution in [3.63, 3.8) is 0 Å². The van der Waals surface area contributed by atoms with Crippen LogP contribution in [0.1, 0.15) is 75.3 Å². The van der Waals surface area contributed by atoms with E-state index >= 15 is 0 Å². The first-order chi connectivity index (χ1) is 17.6. The third kappa shape index (κ3) is 12.1. The molecule has 0 fully saturated rings. The molecule has 0 bridgehead atoms. The summed E-state index contributed by atoms with van der Waals surface area (Å²) in [6.45, 7) is 4.40. The van der Waals surface area contributed by atoms with E-state index in [1.165, 1.54) is 12.8 Å². The van der Waals surface area contributed by atoms with Crippen molar-refractivity contribution >= 4 is 20.0 Å². The fourth-order valence-corrected chi connectivity index (χ4v) is 6.35. The molecule has 0 amide bonds. The third-order valence-corrected chi connectivity index (χ3v) is 9.44. The zero-order valence-electron chi connectivity index (χ0n) is 22.3. The monoisotopic (exact) mass is 552 g/mol. The van der Waals surface area contributed by atoms with Crippen molar-refractivity contribution in [1.29, 1.82) is 0 Å². The van der Waals surface area contributed by atoms with E-state index in [2.05, 4.69) is 9.44 Å². The molecule has 2 aromatic carbocycles. The van der Waals surface area contributed by atoms with Crippen molar-refractivity contribution in [3.8, 4) is 0 Å². The highest BCUT2D eigenvalue weighted by atomic mass is 32.2. The number of aryl methyl sites for hydroxylation is 2. The van der Waals surface area contributed by atoms with Crippen molar-refractivity contribution in [3.05, 3.63) is 59.7 Å². The topological polar surface area (TPSA) is 113 Å². The van der Waals surface area contributed by atoms with Crippen LogP contribution >= 0.6 is 0 Å². The molecule has 2 rings (SSSR count). The number of sulfonamides is 2. The molecule has 0 aliphatic rings. The van der Waals surface area contributed by atoms with E-state index in [1.807, 2.05) is 13.8 Å². The van der Waals surface area contributed by atoms with Crippen molar-refractivity contribution in [2.75, 3.05) is 19.7 Å². The zero-order valence-corrected chi connectivity index (χ0v) is 23.9. The number of aliphatic hydroxyl groups is 1. The van der Waals surface area contributed by atoms with Crippen molar-refractivity contribution < 1.29 is 21.9 Å². The maximum absolute atomic E-state index is 12.8. The standard InChI is InChI=1S/C28H44N2O5S2/c1-24-13-17-27(18-14-24)36(32,33)29-22-26(12-10-8-6-4-3-5-7-9-11-21-31)23-30-37(34,35)28-19-15-25(2)16-20-28/h13-20,26,29-31H,3-12,21-23H2,1-2H3. The molecule has 9 heteroatoms. The molecule has 0 aliphatic carbocycles. The van der Waals surface area contributed by atoms with E-state index in [1.54, 1.807) is 48.5 Å². The maximum Gasteiger partial charge on any atom is 0.240 e. The summed E-state index contributed by atoms with van der Waals surface area (Å²) in [6.07, 6.45) is 10.4. The lowest BCUT2D eigenvalue weighted by molar-refractivity contribution is 0.282. The molecule has 0 radical (unpaired) electrons. The number of unbranched alkanes of at least 4 members (excludes halogenated alkanes) is 8. The molecule has 0 atom stereocenters. The molecule has 2 aromatic rings. The fourth-order valence-electron chi connectivity index (χ4n) is 4.12. The van der Waals surface area contributed by atoms with Crippen molar-refractivity contribution in [1.82, 2.24) is 9.44 Å². The summed E-state index contributed by atoms with van der Waals surface area (Å²) in [4.78, 5) is 0.409. The second-order valence-electron chi connectivity index (χ2n) is 9.89. The molecule has 3 N–H and O–H groups in total. The van der Waals surface area contributed by atoms with Gasteiger partial charge in [0.2, 0.25) is 20.0 Å². The molecule has 0 unspecified atom stereocenters. The number of rotatable bonds is 19. The summed E-state index contributed by atoms with van der Waals surface area (Å²) < 4.78 is 56.5. The zero-order chi connectivity index (χ0) is 27.2. The van der Waals surface area contributed by atoms with Gasteiger partial charge < -0.3 is 5.11 Å². The summed E-state index contributed by atoms with van der Waals surface area (Å²) in [5.74, 6) is -0.168. The molecule has 0 saturated carbocycles. The van der Waals surface area contributed by atoms with Crippen LogP contribution in [0, 0.1) is 19.8 Å². The Hall–Kier alpha value is -1.78. The third-order valence-electron chi connectivity index (χ3n) is 6.56. The molecular weight excluding hydrogens is 508 g/mol. The van der Waals surface area contributed by atoms with Gasteiger partial charge >= 0.3 is 0 Å². The molecule has 0 spiro atoms. The summed E-state index contributed by atoms with van der Waals surface area (Å²) in [7, 11) is -7.36. The Labute approximate surface area is 224 Å². The van der Waals surface area contributed by atoms with Crippen molar-refractivity contribution in [2.45, 2.75) is 87.8 Å². The second-order valence-corrected chi connectivity index (χ2v) is 13.4. The predicted octanol–water partition coefficient (Wildman–Crippen LogP) is 5.07. The molecule has 0 heterocycles. The Morgan fingerprint density at radius 2 is 0.946 bits per heavy atom. The van der Waals surface area contributed by atoms with Crippen LogP contribution in [0.2, 0.25) is 0 Å². The normalized spacial score (nSPS) is 12.3. The number of hydrogen-bond acceptors (Lipinski definition) is 5. The minimum atomic E-state index is -3.68. The highest BCUT2D eigenvalue weighted by Gasteiger charge is 2.20. The maximum atomic E-state index is 12.8. The van der Waals surface area contributed by atoms with Crippen LogP contribution in [-0.2, 0) is 20.0 Å². The van der Waals surface area contributed by atoms with Crippen LogP contribution in [0.25, 0.3) is 0 Å². The van der Waals surface area contributed by atoms with Crippen LogP contribution in [0.4, 0.5) is 0 Å². The van der Waals surface area contributed by atoms with Gasteiger partial charge in [0.15, 0.2) is 0 Å². The van der Waals surface area contributed by atoms with Crippen molar-refractivity contribution in [2.24, 2.45) is 5.92 Å². The van der Waals surface area contributed by atoms with Gasteiger partial charge in [-0.05, 0) is 56.9 Å². The highest BCUT2D eigenvalue weighted by molar-refractivity contribution is 7.89. The quantitative estimate of drug-likeness (QED) is 0.211. The minimum Gasteiger partial charge on any atom is -0.396 e. The van der Waals surface area contributed by atoms with Gasteiger partial charge in [-0.2, -0.15) is 0 Å². The van der Waals surface area contributed by atoms with Gasteiger partial charge in [0.05, 0.1) is 9.79 Å². The van der Waals surface area contributed by atoms with Gasteiger partial charge in [0.1, 0.15) is 0 Å². The van der Waals surface area contributed by atoms with Gasteiger partial charge in [-0.1, -0.05) is 86.8 Å². The SMILES string of the molecule is Cc1ccc(S(=O)(=O)NCC(CCCCCCCCCCCO)CNS(=O)(=O)c2ccc(C)cc2)cc1. The molecule has 0 aromatic heterocycles. The van der Waals surface area contributed by atoms with E-state index in [9.17, 15) is 16.8 Å². The number of benzene rings is 2. The van der Waals surface area contributed by atoms with E-state index in [0.29, 0.717) is 0 Å². The predicted molar refractivity (Wildman–Crippen MR) is 149 cm³/mol. The van der Waals surface area contributed by atoms with Gasteiger partial charge in [-0.25, -0.2) is 26.3 Å². The van der Waals surface area contributed by atoms with Crippen LogP contribution in [0.15, 0.2) is 58.3 Å². The summed E-state index contributed by atoms with van der Waals surface area (Å²) in [5, 5.41) is 8.84. The second kappa shape index (κ2) is 16.2. The Bertz CT molecular complexity index is 1040. The number of hydrogen-bond donors (Lipinski definition) is 3. The lowest BCUT2D eigenvalue weighted by Gasteiger charge is -2.19. The molecule has 7 nitrogen and oxygen atoms in total. The Morgan fingerprint density at radius 3 is 1.32 bits per heavy atom. The van der Waals surface area contributed by atoms with Crippen LogP contribution in [-0.4, -0.2) is 41.6 Å². The van der Waals surface area contributed by atoms with Gasteiger partial charge in [-0.15, -0.1) is 0 Å². The number of aliphatic hydroxyl groups excluding tert-OH is 1. The fraction of sp³-hybridized carbons (Fsp3) is 0.571. The molecule has 37 heavy (non-hydrogen) atoms. The highest BCUT2D eigenvalue weighted by Crippen LogP contribution is 2.16. The van der Waals surface area contributed by atoms with Crippen LogP contribution in [0.3, 0.4) is 0 Å². The average molecular weight is 553 g/mol. The Balaban J connectivity index is 1.90. The lowest BCUT2D eigenvalue weighted by atomic mass is 10.00. The molecular formula is C28H44N2O5S2. The lowest BCUT2D eigenvalue weighted by Crippen LogP contribution is -2.36. The van der Waals surface area contributed by atoms with Gasteiger partial charge in [-0.3, -0.25) is 0 Å². The van der Waals surface area contributed by atoms with Gasteiger partial charge in [0.25, 0.3) is 0 Å². The van der Waals surface area contributed by atoms with Gasteiger partial charge in [0, 0.05) is 19.7 Å². The minimum absolute atomic E-state index is 0.164. The molecule has 208 valence electrons. The summed E-state index contributed by atoms with van der Waals surface area (Å²) in [5.41, 5.74) is 1.96. The Morgan fingerprint density at radius 1 is 0.595 bits per heavy atom. The van der Waals surface area contributed by atoms with Crippen LogP contribution < -0.4 is 9.44 Å². The first-order valence-electron chi connectivity index (χ1n) is 13.4. The summed E-state index contributed by atoms with van der Waals surface area (Å²) >= 11 is 0. The first kappa shape index (κ1) is 31.4.